The monoisotopic (exact) mass is 227 g/mol. The highest BCUT2D eigenvalue weighted by Crippen LogP contribution is 2.41. The Morgan fingerprint density at radius 1 is 1.24 bits per heavy atom. The van der Waals surface area contributed by atoms with E-state index in [1.807, 2.05) is 0 Å². The summed E-state index contributed by atoms with van der Waals surface area (Å²) in [5.74, 6) is 0. The van der Waals surface area contributed by atoms with Crippen LogP contribution >= 0.6 is 0 Å². The first-order valence-electron chi connectivity index (χ1n) is 6.32. The second-order valence-corrected chi connectivity index (χ2v) is 4.87. The number of hydrogen-bond donors (Lipinski definition) is 1. The van der Waals surface area contributed by atoms with Gasteiger partial charge in [0.1, 0.15) is 5.54 Å². The maximum Gasteiger partial charge on any atom is 0.135 e. The quantitative estimate of drug-likeness (QED) is 0.785. The van der Waals surface area contributed by atoms with Crippen LogP contribution in [0.15, 0.2) is 24.3 Å². The van der Waals surface area contributed by atoms with Crippen LogP contribution in [-0.2, 0) is 12.0 Å². The third-order valence-electron chi connectivity index (χ3n) is 4.06. The van der Waals surface area contributed by atoms with E-state index in [1.54, 1.807) is 0 Å². The number of fused-ring (bicyclic) bond motifs is 1. The topological polar surface area (TPSA) is 39.1 Å². The van der Waals surface area contributed by atoms with Crippen LogP contribution in [-0.4, -0.2) is 31.1 Å². The van der Waals surface area contributed by atoms with Crippen molar-refractivity contribution in [2.45, 2.75) is 18.4 Å². The van der Waals surface area contributed by atoms with Gasteiger partial charge < -0.3 is 5.32 Å². The molecule has 1 unspecified atom stereocenters. The number of benzene rings is 1. The van der Waals surface area contributed by atoms with Crippen LogP contribution in [0.25, 0.3) is 0 Å². The third-order valence-corrected chi connectivity index (χ3v) is 4.06. The minimum atomic E-state index is -0.362. The molecule has 0 radical (unpaired) electrons. The SMILES string of the molecule is N#CC1(N2CCNCC2)CCc2ccccc21. The number of piperazine rings is 1. The molecule has 0 bridgehead atoms. The Labute approximate surface area is 102 Å². The zero-order valence-electron chi connectivity index (χ0n) is 9.95. The van der Waals surface area contributed by atoms with Gasteiger partial charge in [-0.15, -0.1) is 0 Å². The van der Waals surface area contributed by atoms with Crippen molar-refractivity contribution in [3.63, 3.8) is 0 Å². The van der Waals surface area contributed by atoms with Gasteiger partial charge in [-0.2, -0.15) is 5.26 Å². The Balaban J connectivity index is 2.02. The molecule has 2 aliphatic rings. The molecule has 1 saturated heterocycles. The summed E-state index contributed by atoms with van der Waals surface area (Å²) in [6.07, 6.45) is 1.98. The molecule has 0 spiro atoms. The molecule has 1 N–H and O–H groups in total. The van der Waals surface area contributed by atoms with Crippen molar-refractivity contribution in [2.75, 3.05) is 26.2 Å². The molecule has 3 nitrogen and oxygen atoms in total. The summed E-state index contributed by atoms with van der Waals surface area (Å²) < 4.78 is 0. The molecule has 88 valence electrons. The van der Waals surface area contributed by atoms with E-state index < -0.39 is 0 Å². The Bertz CT molecular complexity index is 457. The largest absolute Gasteiger partial charge is 0.314 e. The van der Waals surface area contributed by atoms with Crippen molar-refractivity contribution < 1.29 is 0 Å². The first-order chi connectivity index (χ1) is 8.37. The lowest BCUT2D eigenvalue weighted by molar-refractivity contribution is 0.118. The van der Waals surface area contributed by atoms with Crippen LogP contribution in [0.4, 0.5) is 0 Å². The van der Waals surface area contributed by atoms with Crippen LogP contribution in [0, 0.1) is 11.3 Å². The summed E-state index contributed by atoms with van der Waals surface area (Å²) in [5, 5.41) is 13.1. The summed E-state index contributed by atoms with van der Waals surface area (Å²) in [6.45, 7) is 3.93. The van der Waals surface area contributed by atoms with Crippen molar-refractivity contribution in [1.29, 1.82) is 5.26 Å². The fourth-order valence-corrected chi connectivity index (χ4v) is 3.15. The highest BCUT2D eigenvalue weighted by molar-refractivity contribution is 5.43. The van der Waals surface area contributed by atoms with E-state index in [1.165, 1.54) is 11.1 Å². The van der Waals surface area contributed by atoms with E-state index in [0.29, 0.717) is 0 Å². The first-order valence-corrected chi connectivity index (χ1v) is 6.32. The van der Waals surface area contributed by atoms with E-state index in [0.717, 1.165) is 39.0 Å². The van der Waals surface area contributed by atoms with Gasteiger partial charge in [-0.1, -0.05) is 24.3 Å². The minimum Gasteiger partial charge on any atom is -0.314 e. The van der Waals surface area contributed by atoms with Crippen LogP contribution in [0.5, 0.6) is 0 Å². The predicted molar refractivity (Wildman–Crippen MR) is 66.5 cm³/mol. The average molecular weight is 227 g/mol. The Morgan fingerprint density at radius 2 is 2.00 bits per heavy atom. The van der Waals surface area contributed by atoms with E-state index >= 15 is 0 Å². The van der Waals surface area contributed by atoms with E-state index in [-0.39, 0.29) is 5.54 Å². The molecule has 0 saturated carbocycles. The fourth-order valence-electron chi connectivity index (χ4n) is 3.15. The fraction of sp³-hybridized carbons (Fsp3) is 0.500. The zero-order chi connectivity index (χ0) is 11.7. The summed E-state index contributed by atoms with van der Waals surface area (Å²) in [6, 6.07) is 11.0. The maximum absolute atomic E-state index is 9.70. The van der Waals surface area contributed by atoms with Gasteiger partial charge >= 0.3 is 0 Å². The standard InChI is InChI=1S/C14H17N3/c15-11-14(17-9-7-16-8-10-17)6-5-12-3-1-2-4-13(12)14/h1-4,16H,5-10H2. The van der Waals surface area contributed by atoms with Crippen LogP contribution in [0.1, 0.15) is 17.5 Å². The van der Waals surface area contributed by atoms with Gasteiger partial charge in [-0.3, -0.25) is 4.90 Å². The number of hydrogen-bond acceptors (Lipinski definition) is 3. The molecule has 0 aromatic heterocycles. The van der Waals surface area contributed by atoms with Crippen molar-refractivity contribution >= 4 is 0 Å². The number of nitriles is 1. The summed E-state index contributed by atoms with van der Waals surface area (Å²) in [4.78, 5) is 2.36. The van der Waals surface area contributed by atoms with Crippen LogP contribution in [0.3, 0.4) is 0 Å². The van der Waals surface area contributed by atoms with Gasteiger partial charge in [0.05, 0.1) is 6.07 Å². The maximum atomic E-state index is 9.70. The molecule has 17 heavy (non-hydrogen) atoms. The molecule has 1 fully saturated rings. The first kappa shape index (κ1) is 10.8. The summed E-state index contributed by atoms with van der Waals surface area (Å²) in [7, 11) is 0. The van der Waals surface area contributed by atoms with Gasteiger partial charge in [-0.05, 0) is 24.0 Å². The smallest absolute Gasteiger partial charge is 0.135 e. The molecular weight excluding hydrogens is 210 g/mol. The second kappa shape index (κ2) is 4.14. The van der Waals surface area contributed by atoms with Gasteiger partial charge in [0.25, 0.3) is 0 Å². The van der Waals surface area contributed by atoms with Crippen LogP contribution < -0.4 is 5.32 Å². The zero-order valence-corrected chi connectivity index (χ0v) is 9.95. The molecule has 1 heterocycles. The normalized spacial score (nSPS) is 28.6. The number of rotatable bonds is 1. The molecule has 1 atom stereocenters. The van der Waals surface area contributed by atoms with Gasteiger partial charge in [0, 0.05) is 26.2 Å². The lowest BCUT2D eigenvalue weighted by Gasteiger charge is -2.39. The highest BCUT2D eigenvalue weighted by Gasteiger charge is 2.44. The Morgan fingerprint density at radius 3 is 2.76 bits per heavy atom. The van der Waals surface area contributed by atoms with E-state index in [2.05, 4.69) is 40.6 Å². The average Bonchev–Trinajstić information content (AvgIpc) is 2.80. The van der Waals surface area contributed by atoms with E-state index in [4.69, 9.17) is 0 Å². The van der Waals surface area contributed by atoms with Crippen molar-refractivity contribution in [2.24, 2.45) is 0 Å². The van der Waals surface area contributed by atoms with Crippen molar-refractivity contribution in [1.82, 2.24) is 10.2 Å². The molecule has 3 heteroatoms. The summed E-state index contributed by atoms with van der Waals surface area (Å²) >= 11 is 0. The third kappa shape index (κ3) is 1.56. The van der Waals surface area contributed by atoms with E-state index in [9.17, 15) is 5.26 Å². The molecular formula is C14H17N3. The highest BCUT2D eigenvalue weighted by atomic mass is 15.2. The van der Waals surface area contributed by atoms with Gasteiger partial charge in [0.2, 0.25) is 0 Å². The number of nitrogens with one attached hydrogen (secondary N) is 1. The van der Waals surface area contributed by atoms with Crippen molar-refractivity contribution in [3.05, 3.63) is 35.4 Å². The van der Waals surface area contributed by atoms with Gasteiger partial charge in [-0.25, -0.2) is 0 Å². The Kier molecular flexibility index (Phi) is 2.62. The molecule has 0 amide bonds. The minimum absolute atomic E-state index is 0.362. The molecule has 3 rings (SSSR count). The van der Waals surface area contributed by atoms with Crippen molar-refractivity contribution in [3.8, 4) is 6.07 Å². The number of nitrogens with zero attached hydrogens (tertiary/aromatic N) is 2. The molecule has 1 aliphatic heterocycles. The molecule has 1 aliphatic carbocycles. The Hall–Kier alpha value is -1.37. The molecule has 1 aromatic carbocycles. The lowest BCUT2D eigenvalue weighted by Crippen LogP contribution is -2.53. The van der Waals surface area contributed by atoms with Crippen LogP contribution in [0.2, 0.25) is 0 Å². The lowest BCUT2D eigenvalue weighted by atomic mass is 9.90. The van der Waals surface area contributed by atoms with Gasteiger partial charge in [0.15, 0.2) is 0 Å². The molecule has 1 aromatic rings. The second-order valence-electron chi connectivity index (χ2n) is 4.87. The number of aryl methyl sites for hydroxylation is 1. The summed E-state index contributed by atoms with van der Waals surface area (Å²) in [5.41, 5.74) is 2.23. The predicted octanol–water partition coefficient (Wildman–Crippen LogP) is 1.26.